The van der Waals surface area contributed by atoms with Crippen LogP contribution in [0.5, 0.6) is 0 Å². The van der Waals surface area contributed by atoms with Crippen molar-refractivity contribution in [3.8, 4) is 0 Å². The highest BCUT2D eigenvalue weighted by Gasteiger charge is 2.22. The van der Waals surface area contributed by atoms with E-state index in [0.717, 1.165) is 0 Å². The van der Waals surface area contributed by atoms with Gasteiger partial charge in [0.15, 0.2) is 13.1 Å². The highest BCUT2D eigenvalue weighted by atomic mass is 16.2. The highest BCUT2D eigenvalue weighted by Crippen LogP contribution is 1.95. The van der Waals surface area contributed by atoms with Gasteiger partial charge in [-0.15, -0.1) is 0 Å². The van der Waals surface area contributed by atoms with Crippen molar-refractivity contribution in [1.82, 2.24) is 10.6 Å². The van der Waals surface area contributed by atoms with Crippen LogP contribution >= 0.6 is 0 Å². The summed E-state index contributed by atoms with van der Waals surface area (Å²) in [5.41, 5.74) is 0. The smallest absolute Gasteiger partial charge is 0.275 e. The Hall–Kier alpha value is -1.10. The summed E-state index contributed by atoms with van der Waals surface area (Å²) in [5, 5.41) is 5.05. The van der Waals surface area contributed by atoms with Gasteiger partial charge in [0.05, 0.1) is 14.1 Å². The monoisotopic (exact) mass is 188 g/mol. The summed E-state index contributed by atoms with van der Waals surface area (Å²) < 4.78 is 0.360. The molecule has 0 rings (SSSR count). The molecule has 0 radical (unpaired) electrons. The third kappa shape index (κ3) is 5.19. The number of hydrogen-bond donors (Lipinski definition) is 2. The second-order valence-electron chi connectivity index (χ2n) is 3.60. The average molecular weight is 188 g/mol. The van der Waals surface area contributed by atoms with Crippen LogP contribution in [0.1, 0.15) is 0 Å². The van der Waals surface area contributed by atoms with Crippen molar-refractivity contribution in [2.75, 3.05) is 41.3 Å². The second kappa shape index (κ2) is 4.81. The molecular weight excluding hydrogens is 170 g/mol. The zero-order valence-corrected chi connectivity index (χ0v) is 8.68. The van der Waals surface area contributed by atoms with E-state index < -0.39 is 0 Å². The fraction of sp³-hybridized carbons (Fsp3) is 0.750. The van der Waals surface area contributed by atoms with Crippen molar-refractivity contribution in [2.45, 2.75) is 0 Å². The predicted octanol–water partition coefficient (Wildman–Crippen LogP) is -1.45. The van der Waals surface area contributed by atoms with Crippen LogP contribution in [0.2, 0.25) is 0 Å². The summed E-state index contributed by atoms with van der Waals surface area (Å²) in [5.74, 6) is -0.122. The lowest BCUT2D eigenvalue weighted by Gasteiger charge is -2.27. The fourth-order valence-electron chi connectivity index (χ4n) is 0.992. The van der Waals surface area contributed by atoms with E-state index in [4.69, 9.17) is 0 Å². The first kappa shape index (κ1) is 11.9. The molecule has 5 heteroatoms. The van der Waals surface area contributed by atoms with Crippen LogP contribution in [0.25, 0.3) is 0 Å². The Labute approximate surface area is 78.7 Å². The van der Waals surface area contributed by atoms with Crippen LogP contribution in [0.3, 0.4) is 0 Å². The SMILES string of the molecule is CNC(=O)C[N+](C)(C)CC(=O)NC. The summed E-state index contributed by atoms with van der Waals surface area (Å²) in [7, 11) is 6.85. The Bertz CT molecular complexity index is 182. The number of likely N-dealkylation sites (N-methyl/N-ethyl adjacent to an activating group) is 3. The predicted molar refractivity (Wildman–Crippen MR) is 50.0 cm³/mol. The van der Waals surface area contributed by atoms with E-state index in [1.165, 1.54) is 0 Å². The Balaban J connectivity index is 4.07. The molecule has 0 aromatic rings. The molecule has 0 saturated heterocycles. The molecule has 0 unspecified atom stereocenters. The van der Waals surface area contributed by atoms with Gasteiger partial charge in [-0.2, -0.15) is 0 Å². The molecule has 0 heterocycles. The zero-order chi connectivity index (χ0) is 10.5. The Kier molecular flexibility index (Phi) is 4.40. The minimum Gasteiger partial charge on any atom is -0.354 e. The summed E-state index contributed by atoms with van der Waals surface area (Å²) in [6, 6.07) is 0. The van der Waals surface area contributed by atoms with Crippen LogP contribution in [0.4, 0.5) is 0 Å². The van der Waals surface area contributed by atoms with Crippen LogP contribution in [-0.4, -0.2) is 57.6 Å². The minimum atomic E-state index is -0.0612. The van der Waals surface area contributed by atoms with E-state index in [-0.39, 0.29) is 11.8 Å². The van der Waals surface area contributed by atoms with Crippen LogP contribution in [0, 0.1) is 0 Å². The summed E-state index contributed by atoms with van der Waals surface area (Å²) in [6.07, 6.45) is 0. The van der Waals surface area contributed by atoms with Gasteiger partial charge in [0.2, 0.25) is 0 Å². The van der Waals surface area contributed by atoms with Gasteiger partial charge in [-0.05, 0) is 0 Å². The Morgan fingerprint density at radius 1 is 1.00 bits per heavy atom. The number of hydrogen-bond acceptors (Lipinski definition) is 2. The molecule has 76 valence electrons. The van der Waals surface area contributed by atoms with Crippen molar-refractivity contribution in [3.63, 3.8) is 0 Å². The summed E-state index contributed by atoms with van der Waals surface area (Å²) in [4.78, 5) is 22.1. The first-order chi connectivity index (χ1) is 5.91. The molecule has 0 aliphatic heterocycles. The minimum absolute atomic E-state index is 0.0612. The summed E-state index contributed by atoms with van der Waals surface area (Å²) in [6.45, 7) is 0.619. The molecule has 0 saturated carbocycles. The molecule has 0 bridgehead atoms. The van der Waals surface area contributed by atoms with E-state index in [0.29, 0.717) is 17.6 Å². The molecule has 0 aliphatic rings. The zero-order valence-electron chi connectivity index (χ0n) is 8.68. The normalized spacial score (nSPS) is 10.8. The molecule has 0 spiro atoms. The van der Waals surface area contributed by atoms with E-state index >= 15 is 0 Å². The largest absolute Gasteiger partial charge is 0.354 e. The molecule has 0 aromatic heterocycles. The fourth-order valence-corrected chi connectivity index (χ4v) is 0.992. The molecular formula is C8H18N3O2+. The van der Waals surface area contributed by atoms with Gasteiger partial charge in [0.25, 0.3) is 11.8 Å². The number of nitrogens with one attached hydrogen (secondary N) is 2. The van der Waals surface area contributed by atoms with Crippen LogP contribution in [-0.2, 0) is 9.59 Å². The van der Waals surface area contributed by atoms with Crippen LogP contribution in [0.15, 0.2) is 0 Å². The van der Waals surface area contributed by atoms with Crippen molar-refractivity contribution >= 4 is 11.8 Å². The van der Waals surface area contributed by atoms with Gasteiger partial charge in [-0.1, -0.05) is 0 Å². The molecule has 0 aliphatic carbocycles. The molecule has 0 fully saturated rings. The molecule has 5 nitrogen and oxygen atoms in total. The first-order valence-electron chi connectivity index (χ1n) is 4.14. The number of carbonyl (C=O) groups is 2. The maximum atomic E-state index is 11.0. The van der Waals surface area contributed by atoms with Crippen molar-refractivity contribution in [3.05, 3.63) is 0 Å². The van der Waals surface area contributed by atoms with Crippen molar-refractivity contribution in [2.24, 2.45) is 0 Å². The van der Waals surface area contributed by atoms with Gasteiger partial charge in [0, 0.05) is 14.1 Å². The van der Waals surface area contributed by atoms with Gasteiger partial charge >= 0.3 is 0 Å². The number of amides is 2. The Morgan fingerprint density at radius 3 is 1.54 bits per heavy atom. The number of nitrogens with zero attached hydrogens (tertiary/aromatic N) is 1. The lowest BCUT2D eigenvalue weighted by molar-refractivity contribution is -0.874. The average Bonchev–Trinajstić information content (AvgIpc) is 2.02. The number of rotatable bonds is 4. The Morgan fingerprint density at radius 2 is 1.31 bits per heavy atom. The van der Waals surface area contributed by atoms with Crippen molar-refractivity contribution < 1.29 is 14.1 Å². The molecule has 13 heavy (non-hydrogen) atoms. The van der Waals surface area contributed by atoms with Gasteiger partial charge in [-0.25, -0.2) is 0 Å². The maximum absolute atomic E-state index is 11.0. The quantitative estimate of drug-likeness (QED) is 0.531. The van der Waals surface area contributed by atoms with E-state index in [2.05, 4.69) is 10.6 Å². The highest BCUT2D eigenvalue weighted by molar-refractivity contribution is 5.78. The van der Waals surface area contributed by atoms with Gasteiger partial charge < -0.3 is 15.1 Å². The topological polar surface area (TPSA) is 58.2 Å². The standard InChI is InChI=1S/C8H17N3O2/c1-9-7(12)5-11(3,4)6-8(13)10-2/h5-6H2,1-4H3,(H-,9,10,12,13)/p+1. The lowest BCUT2D eigenvalue weighted by atomic mass is 10.4. The molecule has 2 N–H and O–H groups in total. The van der Waals surface area contributed by atoms with Crippen molar-refractivity contribution in [1.29, 1.82) is 0 Å². The number of carbonyl (C=O) groups excluding carboxylic acids is 2. The van der Waals surface area contributed by atoms with Gasteiger partial charge in [0.1, 0.15) is 0 Å². The second-order valence-corrected chi connectivity index (χ2v) is 3.60. The maximum Gasteiger partial charge on any atom is 0.275 e. The third-order valence-corrected chi connectivity index (χ3v) is 1.70. The van der Waals surface area contributed by atoms with E-state index in [1.54, 1.807) is 14.1 Å². The molecule has 0 atom stereocenters. The van der Waals surface area contributed by atoms with E-state index in [1.807, 2.05) is 14.1 Å². The summed E-state index contributed by atoms with van der Waals surface area (Å²) >= 11 is 0. The third-order valence-electron chi connectivity index (χ3n) is 1.70. The van der Waals surface area contributed by atoms with Gasteiger partial charge in [-0.3, -0.25) is 9.59 Å². The first-order valence-corrected chi connectivity index (χ1v) is 4.14. The molecule has 2 amide bonds. The lowest BCUT2D eigenvalue weighted by Crippen LogP contribution is -2.51. The van der Waals surface area contributed by atoms with Crippen LogP contribution < -0.4 is 10.6 Å². The number of quaternary nitrogens is 1. The molecule has 0 aromatic carbocycles. The van der Waals surface area contributed by atoms with E-state index in [9.17, 15) is 9.59 Å².